The summed E-state index contributed by atoms with van der Waals surface area (Å²) in [5.74, 6) is 0.691. The monoisotopic (exact) mass is 689 g/mol. The third-order valence-electron chi connectivity index (χ3n) is 10.7. The van der Waals surface area contributed by atoms with Crippen molar-refractivity contribution >= 4 is 63.4 Å². The van der Waals surface area contributed by atoms with Crippen LogP contribution >= 0.6 is 0 Å². The van der Waals surface area contributed by atoms with Gasteiger partial charge in [-0.15, -0.1) is 0 Å². The zero-order valence-electron chi connectivity index (χ0n) is 31.3. The van der Waals surface area contributed by atoms with Gasteiger partial charge in [0, 0.05) is 27.3 Å². The van der Waals surface area contributed by atoms with E-state index in [1.807, 2.05) is 55.5 Å². The summed E-state index contributed by atoms with van der Waals surface area (Å²) in [5, 5.41) is 4.13. The van der Waals surface area contributed by atoms with Crippen LogP contribution in [0.25, 0.3) is 80.4 Å². The molecule has 4 heterocycles. The minimum atomic E-state index is -0.281. The normalized spacial score (nSPS) is 13.9. The lowest BCUT2D eigenvalue weighted by Gasteiger charge is -2.35. The van der Waals surface area contributed by atoms with Crippen LogP contribution in [-0.2, 0) is 5.41 Å². The zero-order chi connectivity index (χ0) is 37.0. The Kier molecular flexibility index (Phi) is 8.34. The molecule has 4 nitrogen and oxygen atoms in total. The largest absolute Gasteiger partial charge is 0.454 e. The van der Waals surface area contributed by atoms with Crippen LogP contribution in [0.15, 0.2) is 126 Å². The zero-order valence-corrected chi connectivity index (χ0v) is 31.3. The van der Waals surface area contributed by atoms with Gasteiger partial charge < -0.3 is 8.98 Å². The van der Waals surface area contributed by atoms with Crippen LogP contribution in [0.3, 0.4) is 0 Å². The SMILES string of the molecule is C=c1ccccc(=C)c(/C(C)=C/C(=C\C)c2nc(-c3ccc4c(c3)C(C)(C)c3cccc5c6oc7ccccc7c6n-4c35)nc(/C=C\C)c2C)ccc1. The lowest BCUT2D eigenvalue weighted by Crippen LogP contribution is -2.26. The second-order valence-corrected chi connectivity index (χ2v) is 14.4. The van der Waals surface area contributed by atoms with Gasteiger partial charge in [0.05, 0.1) is 22.6 Å². The molecule has 0 aliphatic carbocycles. The average molecular weight is 690 g/mol. The van der Waals surface area contributed by atoms with E-state index in [4.69, 9.17) is 14.4 Å². The molecule has 0 bridgehead atoms. The van der Waals surface area contributed by atoms with Crippen LogP contribution in [0.5, 0.6) is 0 Å². The molecule has 8 rings (SSSR count). The molecule has 4 heteroatoms. The van der Waals surface area contributed by atoms with E-state index >= 15 is 0 Å². The molecular weight excluding hydrogens is 647 g/mol. The van der Waals surface area contributed by atoms with Crippen LogP contribution in [0, 0.1) is 6.92 Å². The fraction of sp³-hybridized carbons (Fsp3) is 0.143. The predicted molar refractivity (Wildman–Crippen MR) is 225 cm³/mol. The van der Waals surface area contributed by atoms with Crippen LogP contribution in [0.1, 0.15) is 68.3 Å². The summed E-state index contributed by atoms with van der Waals surface area (Å²) in [5.41, 5.74) is 14.5. The van der Waals surface area contributed by atoms with Gasteiger partial charge in [0.15, 0.2) is 11.4 Å². The van der Waals surface area contributed by atoms with Gasteiger partial charge in [-0.05, 0) is 115 Å². The molecule has 0 radical (unpaired) electrons. The van der Waals surface area contributed by atoms with E-state index < -0.39 is 0 Å². The highest BCUT2D eigenvalue weighted by atomic mass is 16.3. The maximum atomic E-state index is 6.52. The molecule has 0 saturated heterocycles. The van der Waals surface area contributed by atoms with Crippen molar-refractivity contribution in [2.75, 3.05) is 0 Å². The Balaban J connectivity index is 1.31. The van der Waals surface area contributed by atoms with Crippen LogP contribution in [0.2, 0.25) is 0 Å². The maximum Gasteiger partial charge on any atom is 0.161 e. The molecular formula is C49H43N3O. The van der Waals surface area contributed by atoms with Crippen molar-refractivity contribution in [2.45, 2.75) is 47.0 Å². The van der Waals surface area contributed by atoms with Crippen molar-refractivity contribution in [3.05, 3.63) is 165 Å². The van der Waals surface area contributed by atoms with Gasteiger partial charge in [-0.3, -0.25) is 0 Å². The fourth-order valence-electron chi connectivity index (χ4n) is 7.90. The van der Waals surface area contributed by atoms with E-state index in [-0.39, 0.29) is 5.41 Å². The number of benzene rings is 3. The van der Waals surface area contributed by atoms with E-state index in [0.717, 1.165) is 82.8 Å². The van der Waals surface area contributed by atoms with Crippen LogP contribution in [0.4, 0.5) is 0 Å². The molecule has 1 aliphatic rings. The van der Waals surface area contributed by atoms with Crippen molar-refractivity contribution in [1.29, 1.82) is 0 Å². The van der Waals surface area contributed by atoms with E-state index in [1.165, 1.54) is 16.6 Å². The standard InChI is InChI=1S/C49H43N3O/c1-9-17-41-33(6)44(34(10-2)28-32(5)36-22-15-19-30(3)18-11-12-20-31(36)4)51-48(50-41)35-26-27-42-40(29-35)49(7,8)39-24-16-23-38-45(39)52(42)46-37-21-13-14-25-43(37)53-47(38)46/h9-29H,3-4H2,1-2,5-8H3/b17-9-,18-11?,19-15?,20-12?,32-28+,34-10+,36-22?. The number of hydrogen-bond acceptors (Lipinski definition) is 3. The molecule has 3 aromatic heterocycles. The first-order valence-electron chi connectivity index (χ1n) is 18.2. The number of nitrogens with zero attached hydrogens (tertiary/aromatic N) is 3. The Hall–Kier alpha value is -6.26. The lowest BCUT2D eigenvalue weighted by molar-refractivity contribution is 0.630. The van der Waals surface area contributed by atoms with E-state index in [9.17, 15) is 0 Å². The van der Waals surface area contributed by atoms with E-state index in [0.29, 0.717) is 5.82 Å². The number of rotatable bonds is 5. The van der Waals surface area contributed by atoms with Gasteiger partial charge in [0.2, 0.25) is 0 Å². The Morgan fingerprint density at radius 2 is 1.53 bits per heavy atom. The van der Waals surface area contributed by atoms with Gasteiger partial charge in [-0.25, -0.2) is 9.97 Å². The molecule has 4 aromatic carbocycles. The summed E-state index contributed by atoms with van der Waals surface area (Å²) in [7, 11) is 0. The number of fused-ring (bicyclic) bond motifs is 7. The van der Waals surface area contributed by atoms with Gasteiger partial charge in [0.25, 0.3) is 0 Å². The number of allylic oxidation sites excluding steroid dienone is 5. The summed E-state index contributed by atoms with van der Waals surface area (Å²) in [4.78, 5) is 10.5. The number of aromatic nitrogens is 3. The van der Waals surface area contributed by atoms with Gasteiger partial charge in [-0.1, -0.05) is 106 Å². The number of hydrogen-bond donors (Lipinski definition) is 0. The third-order valence-corrected chi connectivity index (χ3v) is 10.7. The predicted octanol–water partition coefficient (Wildman–Crippen LogP) is 11.4. The smallest absolute Gasteiger partial charge is 0.161 e. The van der Waals surface area contributed by atoms with Gasteiger partial charge in [-0.2, -0.15) is 0 Å². The van der Waals surface area contributed by atoms with Crippen molar-refractivity contribution < 1.29 is 4.42 Å². The van der Waals surface area contributed by atoms with Crippen LogP contribution < -0.4 is 10.4 Å². The van der Waals surface area contributed by atoms with Crippen LogP contribution in [-0.4, -0.2) is 14.5 Å². The van der Waals surface area contributed by atoms with E-state index in [1.54, 1.807) is 0 Å². The van der Waals surface area contributed by atoms with Crippen molar-refractivity contribution in [3.8, 4) is 17.1 Å². The molecule has 260 valence electrons. The molecule has 53 heavy (non-hydrogen) atoms. The van der Waals surface area contributed by atoms with Crippen molar-refractivity contribution in [1.82, 2.24) is 14.5 Å². The lowest BCUT2D eigenvalue weighted by atomic mass is 9.74. The fourth-order valence-corrected chi connectivity index (χ4v) is 7.90. The highest BCUT2D eigenvalue weighted by Crippen LogP contribution is 2.50. The topological polar surface area (TPSA) is 43.9 Å². The number of para-hydroxylation sites is 2. The summed E-state index contributed by atoms with van der Waals surface area (Å²) in [6.07, 6.45) is 8.45. The maximum absolute atomic E-state index is 6.52. The molecule has 0 N–H and O–H groups in total. The molecule has 0 unspecified atom stereocenters. The molecule has 0 fully saturated rings. The summed E-state index contributed by atoms with van der Waals surface area (Å²) in [6, 6.07) is 35.8. The van der Waals surface area contributed by atoms with Crippen molar-refractivity contribution in [3.63, 3.8) is 0 Å². The average Bonchev–Trinajstić information content (AvgIpc) is 3.69. The quantitative estimate of drug-likeness (QED) is 0.169. The first-order chi connectivity index (χ1) is 25.6. The molecule has 7 aromatic rings. The molecule has 0 spiro atoms. The van der Waals surface area contributed by atoms with E-state index in [2.05, 4.69) is 131 Å². The van der Waals surface area contributed by atoms with Gasteiger partial charge in [0.1, 0.15) is 11.1 Å². The highest BCUT2D eigenvalue weighted by Gasteiger charge is 2.36. The molecule has 0 saturated carbocycles. The first kappa shape index (κ1) is 33.9. The highest BCUT2D eigenvalue weighted by molar-refractivity contribution is 6.17. The summed E-state index contributed by atoms with van der Waals surface area (Å²) >= 11 is 0. The van der Waals surface area contributed by atoms with Gasteiger partial charge >= 0.3 is 0 Å². The minimum Gasteiger partial charge on any atom is -0.454 e. The second kappa shape index (κ2) is 13.1. The second-order valence-electron chi connectivity index (χ2n) is 14.4. The third kappa shape index (κ3) is 5.53. The molecule has 0 atom stereocenters. The summed E-state index contributed by atoms with van der Waals surface area (Å²) in [6.45, 7) is 21.4. The Morgan fingerprint density at radius 3 is 2.34 bits per heavy atom. The number of furan rings is 1. The Bertz CT molecular complexity index is 2890. The minimum absolute atomic E-state index is 0.281. The van der Waals surface area contributed by atoms with Crippen molar-refractivity contribution in [2.24, 2.45) is 0 Å². The molecule has 1 aliphatic heterocycles. The Morgan fingerprint density at radius 1 is 0.792 bits per heavy atom. The Labute approximate surface area is 310 Å². The summed E-state index contributed by atoms with van der Waals surface area (Å²) < 4.78 is 8.93. The first-order valence-corrected chi connectivity index (χ1v) is 18.2. The molecule has 0 amide bonds.